The molecule has 0 radical (unpaired) electrons. The number of hydrogen-bond donors (Lipinski definition) is 1. The van der Waals surface area contributed by atoms with Crippen LogP contribution in [0.1, 0.15) is 20.3 Å². The van der Waals surface area contributed by atoms with Crippen molar-refractivity contribution in [2.45, 2.75) is 26.3 Å². The molecule has 3 nitrogen and oxygen atoms in total. The number of anilines is 2. The summed E-state index contributed by atoms with van der Waals surface area (Å²) in [5.41, 5.74) is 2.62. The van der Waals surface area contributed by atoms with Crippen LogP contribution in [0.3, 0.4) is 0 Å². The zero-order valence-electron chi connectivity index (χ0n) is 12.7. The molecule has 3 heteroatoms. The summed E-state index contributed by atoms with van der Waals surface area (Å²) >= 11 is 0. The number of hydrogen-bond acceptors (Lipinski definition) is 3. The lowest BCUT2D eigenvalue weighted by Gasteiger charge is -2.21. The maximum Gasteiger partial charge on any atom is 0.0367 e. The average molecular weight is 261 g/mol. The molecule has 1 aromatic carbocycles. The first kappa shape index (κ1) is 14.2. The van der Waals surface area contributed by atoms with E-state index >= 15 is 0 Å². The van der Waals surface area contributed by atoms with Gasteiger partial charge >= 0.3 is 0 Å². The third-order valence-electron chi connectivity index (χ3n) is 3.83. The highest BCUT2D eigenvalue weighted by molar-refractivity contribution is 5.56. The fourth-order valence-corrected chi connectivity index (χ4v) is 2.60. The summed E-state index contributed by atoms with van der Waals surface area (Å²) in [5.74, 6) is 0.788. The summed E-state index contributed by atoms with van der Waals surface area (Å²) < 4.78 is 0. The first-order chi connectivity index (χ1) is 9.06. The van der Waals surface area contributed by atoms with E-state index in [0.717, 1.165) is 12.5 Å². The molecular formula is C16H27N3. The molecule has 0 spiro atoms. The smallest absolute Gasteiger partial charge is 0.0367 e. The molecule has 1 heterocycles. The van der Waals surface area contributed by atoms with Crippen LogP contribution in [0.4, 0.5) is 11.4 Å². The van der Waals surface area contributed by atoms with Crippen molar-refractivity contribution >= 4 is 11.4 Å². The van der Waals surface area contributed by atoms with Gasteiger partial charge in [-0.05, 0) is 43.1 Å². The number of nitrogens with zero attached hydrogens (tertiary/aromatic N) is 2. The Balaban J connectivity index is 1.89. The zero-order chi connectivity index (χ0) is 13.8. The van der Waals surface area contributed by atoms with Crippen LogP contribution in [0.2, 0.25) is 0 Å². The van der Waals surface area contributed by atoms with Crippen LogP contribution in [0.5, 0.6) is 0 Å². The summed E-state index contributed by atoms with van der Waals surface area (Å²) in [7, 11) is 4.16. The molecule has 0 bridgehead atoms. The quantitative estimate of drug-likeness (QED) is 0.879. The Hall–Kier alpha value is -1.22. The summed E-state index contributed by atoms with van der Waals surface area (Å²) in [4.78, 5) is 4.65. The van der Waals surface area contributed by atoms with Gasteiger partial charge in [-0.1, -0.05) is 13.8 Å². The highest BCUT2D eigenvalue weighted by Gasteiger charge is 2.22. The van der Waals surface area contributed by atoms with Crippen molar-refractivity contribution in [2.75, 3.05) is 43.5 Å². The predicted octanol–water partition coefficient (Wildman–Crippen LogP) is 2.58. The summed E-state index contributed by atoms with van der Waals surface area (Å²) in [5, 5.41) is 3.55. The Morgan fingerprint density at radius 2 is 1.95 bits per heavy atom. The van der Waals surface area contributed by atoms with Gasteiger partial charge in [0.15, 0.2) is 0 Å². The van der Waals surface area contributed by atoms with Gasteiger partial charge in [0.25, 0.3) is 0 Å². The molecular weight excluding hydrogens is 234 g/mol. The summed E-state index contributed by atoms with van der Waals surface area (Å²) in [6, 6.07) is 9.49. The zero-order valence-corrected chi connectivity index (χ0v) is 12.7. The second kappa shape index (κ2) is 6.29. The van der Waals surface area contributed by atoms with Crippen molar-refractivity contribution in [3.8, 4) is 0 Å². The molecule has 1 aromatic rings. The van der Waals surface area contributed by atoms with E-state index in [1.807, 2.05) is 0 Å². The van der Waals surface area contributed by atoms with Crippen LogP contribution in [0, 0.1) is 5.92 Å². The molecule has 0 aromatic heterocycles. The van der Waals surface area contributed by atoms with Crippen molar-refractivity contribution in [1.82, 2.24) is 5.32 Å². The van der Waals surface area contributed by atoms with Crippen LogP contribution in [0.15, 0.2) is 24.3 Å². The molecule has 19 heavy (non-hydrogen) atoms. The Bertz CT molecular complexity index is 383. The molecule has 1 aliphatic rings. The molecule has 1 N–H and O–H groups in total. The van der Waals surface area contributed by atoms with Crippen LogP contribution >= 0.6 is 0 Å². The van der Waals surface area contributed by atoms with Gasteiger partial charge in [-0.2, -0.15) is 0 Å². The normalized spacial score (nSPS) is 19.2. The predicted molar refractivity (Wildman–Crippen MR) is 84.2 cm³/mol. The fraction of sp³-hybridized carbons (Fsp3) is 0.625. The lowest BCUT2D eigenvalue weighted by Crippen LogP contribution is -2.30. The van der Waals surface area contributed by atoms with E-state index in [1.165, 1.54) is 30.9 Å². The molecule has 106 valence electrons. The van der Waals surface area contributed by atoms with Gasteiger partial charge in [-0.15, -0.1) is 0 Å². The van der Waals surface area contributed by atoms with Gasteiger partial charge in [-0.25, -0.2) is 0 Å². The molecule has 1 atom stereocenters. The van der Waals surface area contributed by atoms with E-state index in [1.54, 1.807) is 0 Å². The first-order valence-electron chi connectivity index (χ1n) is 7.32. The first-order valence-corrected chi connectivity index (χ1v) is 7.32. The maximum absolute atomic E-state index is 3.55. The van der Waals surface area contributed by atoms with Gasteiger partial charge in [0.2, 0.25) is 0 Å². The molecule has 2 rings (SSSR count). The lowest BCUT2D eigenvalue weighted by atomic mass is 10.1. The van der Waals surface area contributed by atoms with E-state index in [4.69, 9.17) is 0 Å². The molecule has 1 aliphatic heterocycles. The van der Waals surface area contributed by atoms with Crippen molar-refractivity contribution < 1.29 is 0 Å². The molecule has 0 saturated carbocycles. The summed E-state index contributed by atoms with van der Waals surface area (Å²) in [6.45, 7) is 7.94. The van der Waals surface area contributed by atoms with E-state index in [0.29, 0.717) is 6.04 Å². The van der Waals surface area contributed by atoms with Gasteiger partial charge in [-0.3, -0.25) is 0 Å². The van der Waals surface area contributed by atoms with Crippen LogP contribution in [-0.2, 0) is 0 Å². The molecule has 1 unspecified atom stereocenters. The monoisotopic (exact) mass is 261 g/mol. The highest BCUT2D eigenvalue weighted by atomic mass is 15.2. The lowest BCUT2D eigenvalue weighted by molar-refractivity contribution is 0.480. The van der Waals surface area contributed by atoms with Gasteiger partial charge < -0.3 is 15.1 Å². The number of nitrogens with one attached hydrogen (secondary N) is 1. The minimum absolute atomic E-state index is 0.591. The Labute approximate surface area is 117 Å². The third-order valence-corrected chi connectivity index (χ3v) is 3.83. The van der Waals surface area contributed by atoms with Crippen LogP contribution < -0.4 is 15.1 Å². The Kier molecular flexibility index (Phi) is 4.70. The molecule has 0 amide bonds. The maximum atomic E-state index is 3.55. The van der Waals surface area contributed by atoms with Crippen molar-refractivity contribution in [1.29, 1.82) is 0 Å². The Morgan fingerprint density at radius 1 is 1.26 bits per heavy atom. The second-order valence-corrected chi connectivity index (χ2v) is 6.07. The van der Waals surface area contributed by atoms with E-state index in [-0.39, 0.29) is 0 Å². The molecule has 0 aliphatic carbocycles. The van der Waals surface area contributed by atoms with E-state index < -0.39 is 0 Å². The minimum Gasteiger partial charge on any atom is -0.378 e. The van der Waals surface area contributed by atoms with Crippen LogP contribution in [0.25, 0.3) is 0 Å². The second-order valence-electron chi connectivity index (χ2n) is 6.07. The Morgan fingerprint density at radius 3 is 2.53 bits per heavy atom. The number of benzene rings is 1. The van der Waals surface area contributed by atoms with Crippen LogP contribution in [-0.4, -0.2) is 39.8 Å². The van der Waals surface area contributed by atoms with Gasteiger partial charge in [0.05, 0.1) is 0 Å². The van der Waals surface area contributed by atoms with Crippen molar-refractivity contribution in [2.24, 2.45) is 5.92 Å². The largest absolute Gasteiger partial charge is 0.378 e. The SMILES string of the molecule is CC(C)NCC1CCN(c2ccc(N(C)C)cc2)C1. The fourth-order valence-electron chi connectivity index (χ4n) is 2.60. The molecule has 1 fully saturated rings. The van der Waals surface area contributed by atoms with E-state index in [9.17, 15) is 0 Å². The van der Waals surface area contributed by atoms with Crippen molar-refractivity contribution in [3.05, 3.63) is 24.3 Å². The highest BCUT2D eigenvalue weighted by Crippen LogP contribution is 2.25. The third kappa shape index (κ3) is 3.87. The summed E-state index contributed by atoms with van der Waals surface area (Å²) in [6.07, 6.45) is 1.30. The van der Waals surface area contributed by atoms with Gasteiger partial charge in [0, 0.05) is 44.6 Å². The molecule has 1 saturated heterocycles. The van der Waals surface area contributed by atoms with Crippen molar-refractivity contribution in [3.63, 3.8) is 0 Å². The van der Waals surface area contributed by atoms with E-state index in [2.05, 4.69) is 67.3 Å². The average Bonchev–Trinajstić information content (AvgIpc) is 2.85. The minimum atomic E-state index is 0.591. The topological polar surface area (TPSA) is 18.5 Å². The standard InChI is InChI=1S/C16H27N3/c1-13(2)17-11-14-9-10-19(12-14)16-7-5-15(6-8-16)18(3)4/h5-8,13-14,17H,9-12H2,1-4H3. The number of rotatable bonds is 5. The van der Waals surface area contributed by atoms with Gasteiger partial charge in [0.1, 0.15) is 0 Å².